The molecule has 2 heterocycles. The molecular weight excluding hydrogens is 336 g/mol. The molecule has 5 heteroatoms. The molecule has 2 fully saturated rings. The first-order chi connectivity index (χ1) is 13.2. The van der Waals surface area contributed by atoms with E-state index in [4.69, 9.17) is 0 Å². The predicted octanol–water partition coefficient (Wildman–Crippen LogP) is 2.99. The number of aryl methyl sites for hydroxylation is 1. The maximum absolute atomic E-state index is 12.1. The van der Waals surface area contributed by atoms with E-state index in [2.05, 4.69) is 51.3 Å². The third-order valence-electron chi connectivity index (χ3n) is 5.36. The van der Waals surface area contributed by atoms with Gasteiger partial charge >= 0.3 is 0 Å². The van der Waals surface area contributed by atoms with E-state index in [1.165, 1.54) is 11.1 Å². The molecule has 0 atom stereocenters. The Morgan fingerprint density at radius 3 is 2.59 bits per heavy atom. The van der Waals surface area contributed by atoms with E-state index in [0.29, 0.717) is 11.6 Å². The van der Waals surface area contributed by atoms with Crippen molar-refractivity contribution in [2.24, 2.45) is 0 Å². The maximum atomic E-state index is 12.1. The van der Waals surface area contributed by atoms with E-state index in [9.17, 15) is 4.79 Å². The Kier molecular flexibility index (Phi) is 5.39. The van der Waals surface area contributed by atoms with Crippen molar-refractivity contribution in [3.05, 3.63) is 59.3 Å². The van der Waals surface area contributed by atoms with Gasteiger partial charge in [0.25, 0.3) is 5.91 Å². The largest absolute Gasteiger partial charge is 0.355 e. The van der Waals surface area contributed by atoms with Gasteiger partial charge in [-0.3, -0.25) is 9.69 Å². The van der Waals surface area contributed by atoms with Gasteiger partial charge in [-0.1, -0.05) is 29.8 Å². The second-order valence-electron chi connectivity index (χ2n) is 7.76. The first-order valence-corrected chi connectivity index (χ1v) is 9.97. The lowest BCUT2D eigenvalue weighted by atomic mass is 10.1. The molecule has 1 aromatic heterocycles. The summed E-state index contributed by atoms with van der Waals surface area (Å²) in [6.45, 7) is 7.23. The molecule has 0 radical (unpaired) electrons. The van der Waals surface area contributed by atoms with Gasteiger partial charge in [-0.25, -0.2) is 4.98 Å². The van der Waals surface area contributed by atoms with Crippen molar-refractivity contribution in [3.63, 3.8) is 0 Å². The van der Waals surface area contributed by atoms with E-state index in [0.717, 1.165) is 57.8 Å². The topological polar surface area (TPSA) is 48.5 Å². The highest BCUT2D eigenvalue weighted by Gasteiger charge is 2.24. The molecule has 1 saturated carbocycles. The van der Waals surface area contributed by atoms with Gasteiger partial charge in [0.15, 0.2) is 0 Å². The Morgan fingerprint density at radius 1 is 1.07 bits per heavy atom. The number of hydrogen-bond acceptors (Lipinski definition) is 4. The van der Waals surface area contributed by atoms with Crippen LogP contribution in [-0.4, -0.2) is 48.0 Å². The number of aromatic nitrogens is 1. The summed E-state index contributed by atoms with van der Waals surface area (Å²) in [6, 6.07) is 13.1. The van der Waals surface area contributed by atoms with Crippen LogP contribution in [-0.2, 0) is 6.54 Å². The summed E-state index contributed by atoms with van der Waals surface area (Å²) in [5.41, 5.74) is 3.33. The van der Waals surface area contributed by atoms with Crippen molar-refractivity contribution in [2.45, 2.75) is 38.8 Å². The molecule has 1 aliphatic carbocycles. The lowest BCUT2D eigenvalue weighted by Crippen LogP contribution is -2.31. The van der Waals surface area contributed by atoms with Crippen LogP contribution >= 0.6 is 0 Å². The van der Waals surface area contributed by atoms with Crippen molar-refractivity contribution >= 4 is 11.7 Å². The number of nitrogens with zero attached hydrogens (tertiary/aromatic N) is 3. The van der Waals surface area contributed by atoms with Crippen molar-refractivity contribution in [1.82, 2.24) is 15.2 Å². The number of hydrogen-bond donors (Lipinski definition) is 1. The molecule has 0 spiro atoms. The quantitative estimate of drug-likeness (QED) is 0.886. The van der Waals surface area contributed by atoms with Crippen LogP contribution in [0.25, 0.3) is 0 Å². The summed E-state index contributed by atoms with van der Waals surface area (Å²) in [4.78, 5) is 21.5. The number of amides is 1. The van der Waals surface area contributed by atoms with Crippen LogP contribution in [0, 0.1) is 6.92 Å². The summed E-state index contributed by atoms with van der Waals surface area (Å²) < 4.78 is 0. The van der Waals surface area contributed by atoms with Crippen LogP contribution < -0.4 is 10.2 Å². The minimum absolute atomic E-state index is 0.00307. The Hall–Kier alpha value is -2.40. The van der Waals surface area contributed by atoms with E-state index in [1.54, 1.807) is 6.20 Å². The predicted molar refractivity (Wildman–Crippen MR) is 108 cm³/mol. The van der Waals surface area contributed by atoms with Crippen LogP contribution in [0.4, 0.5) is 5.82 Å². The van der Waals surface area contributed by atoms with Crippen LogP contribution in [0.2, 0.25) is 0 Å². The first-order valence-electron chi connectivity index (χ1n) is 9.97. The summed E-state index contributed by atoms with van der Waals surface area (Å²) in [5, 5.41) is 3.01. The number of benzene rings is 1. The Morgan fingerprint density at radius 2 is 1.89 bits per heavy atom. The van der Waals surface area contributed by atoms with Gasteiger partial charge in [-0.2, -0.15) is 0 Å². The Bertz CT molecular complexity index is 768. The van der Waals surface area contributed by atoms with Crippen molar-refractivity contribution in [3.8, 4) is 0 Å². The molecule has 1 N–H and O–H groups in total. The van der Waals surface area contributed by atoms with Gasteiger partial charge in [-0.05, 0) is 43.9 Å². The lowest BCUT2D eigenvalue weighted by Gasteiger charge is -2.23. The second-order valence-corrected chi connectivity index (χ2v) is 7.76. The van der Waals surface area contributed by atoms with E-state index in [1.807, 2.05) is 12.1 Å². The fourth-order valence-electron chi connectivity index (χ4n) is 3.51. The minimum Gasteiger partial charge on any atom is -0.355 e. The van der Waals surface area contributed by atoms with E-state index < -0.39 is 0 Å². The molecule has 2 aliphatic rings. The summed E-state index contributed by atoms with van der Waals surface area (Å²) in [6.07, 6.45) is 5.04. The molecule has 1 aromatic carbocycles. The summed E-state index contributed by atoms with van der Waals surface area (Å²) in [5.74, 6) is 0.965. The number of rotatable bonds is 5. The minimum atomic E-state index is -0.00307. The molecular formula is C22H28N4O. The van der Waals surface area contributed by atoms with Gasteiger partial charge in [0.1, 0.15) is 5.82 Å². The fraction of sp³-hybridized carbons (Fsp3) is 0.455. The van der Waals surface area contributed by atoms with Gasteiger partial charge < -0.3 is 10.2 Å². The molecule has 0 bridgehead atoms. The molecule has 4 rings (SSSR count). The third kappa shape index (κ3) is 4.86. The standard InChI is InChI=1S/C22H28N4O/c1-17-3-5-18(6-4-17)16-25-11-2-12-26(14-13-25)21-10-7-19(15-23-21)22(27)24-20-8-9-20/h3-7,10,15,20H,2,8-9,11-14,16H2,1H3,(H,24,27). The third-order valence-corrected chi connectivity index (χ3v) is 5.36. The fourth-order valence-corrected chi connectivity index (χ4v) is 3.51. The van der Waals surface area contributed by atoms with Gasteiger partial charge in [0.2, 0.25) is 0 Å². The number of carbonyl (C=O) groups is 1. The van der Waals surface area contributed by atoms with Gasteiger partial charge in [-0.15, -0.1) is 0 Å². The van der Waals surface area contributed by atoms with Crippen LogP contribution in [0.3, 0.4) is 0 Å². The lowest BCUT2D eigenvalue weighted by molar-refractivity contribution is 0.0950. The zero-order valence-corrected chi connectivity index (χ0v) is 16.0. The highest BCUT2D eigenvalue weighted by molar-refractivity contribution is 5.94. The Balaban J connectivity index is 1.33. The number of anilines is 1. The van der Waals surface area contributed by atoms with Gasteiger partial charge in [0.05, 0.1) is 5.56 Å². The average molecular weight is 364 g/mol. The van der Waals surface area contributed by atoms with Crippen molar-refractivity contribution < 1.29 is 4.79 Å². The highest BCUT2D eigenvalue weighted by Crippen LogP contribution is 2.20. The van der Waals surface area contributed by atoms with Gasteiger partial charge in [0, 0.05) is 45.0 Å². The average Bonchev–Trinajstić information content (AvgIpc) is 3.51. The van der Waals surface area contributed by atoms with E-state index >= 15 is 0 Å². The summed E-state index contributed by atoms with van der Waals surface area (Å²) in [7, 11) is 0. The zero-order chi connectivity index (χ0) is 18.6. The molecule has 5 nitrogen and oxygen atoms in total. The SMILES string of the molecule is Cc1ccc(CN2CCCN(c3ccc(C(=O)NC4CC4)cn3)CC2)cc1. The van der Waals surface area contributed by atoms with Crippen molar-refractivity contribution in [2.75, 3.05) is 31.1 Å². The molecule has 1 aliphatic heterocycles. The summed E-state index contributed by atoms with van der Waals surface area (Å²) >= 11 is 0. The highest BCUT2D eigenvalue weighted by atomic mass is 16.1. The number of carbonyl (C=O) groups excluding carboxylic acids is 1. The zero-order valence-electron chi connectivity index (χ0n) is 16.0. The molecule has 0 unspecified atom stereocenters. The van der Waals surface area contributed by atoms with Crippen LogP contribution in [0.1, 0.15) is 40.7 Å². The first kappa shape index (κ1) is 18.0. The molecule has 1 saturated heterocycles. The van der Waals surface area contributed by atoms with E-state index in [-0.39, 0.29) is 5.91 Å². The van der Waals surface area contributed by atoms with Crippen molar-refractivity contribution in [1.29, 1.82) is 0 Å². The maximum Gasteiger partial charge on any atom is 0.253 e. The monoisotopic (exact) mass is 364 g/mol. The molecule has 2 aromatic rings. The Labute approximate surface area is 161 Å². The molecule has 1 amide bonds. The van der Waals surface area contributed by atoms with Crippen LogP contribution in [0.15, 0.2) is 42.6 Å². The number of nitrogens with one attached hydrogen (secondary N) is 1. The molecule has 27 heavy (non-hydrogen) atoms. The second kappa shape index (κ2) is 8.09. The normalized spacial score (nSPS) is 18.2. The molecule has 142 valence electrons. The smallest absolute Gasteiger partial charge is 0.253 e. The van der Waals surface area contributed by atoms with Crippen LogP contribution in [0.5, 0.6) is 0 Å². The number of pyridine rings is 1.